The number of nitrogens with one attached hydrogen (secondary N) is 2. The molecule has 146 valence electrons. The van der Waals surface area contributed by atoms with Gasteiger partial charge < -0.3 is 15.7 Å². The van der Waals surface area contributed by atoms with E-state index in [1.807, 2.05) is 30.3 Å². The highest BCUT2D eigenvalue weighted by molar-refractivity contribution is 6.04. The van der Waals surface area contributed by atoms with Gasteiger partial charge in [-0.3, -0.25) is 14.4 Å². The van der Waals surface area contributed by atoms with Crippen LogP contribution in [0, 0.1) is 11.8 Å². The highest BCUT2D eigenvalue weighted by Gasteiger charge is 2.36. The average molecular weight is 380 g/mol. The third-order valence-corrected chi connectivity index (χ3v) is 5.15. The smallest absolute Gasteiger partial charge is 0.307 e. The lowest BCUT2D eigenvalue weighted by Crippen LogP contribution is -2.36. The van der Waals surface area contributed by atoms with Crippen molar-refractivity contribution in [2.75, 3.05) is 5.32 Å². The van der Waals surface area contributed by atoms with Gasteiger partial charge in [0.15, 0.2) is 0 Å². The zero-order valence-electron chi connectivity index (χ0n) is 15.6. The maximum atomic E-state index is 12.7. The summed E-state index contributed by atoms with van der Waals surface area (Å²) >= 11 is 0. The van der Waals surface area contributed by atoms with Crippen LogP contribution < -0.4 is 10.6 Å². The average Bonchev–Trinajstić information content (AvgIpc) is 2.73. The van der Waals surface area contributed by atoms with E-state index in [1.165, 1.54) is 0 Å². The van der Waals surface area contributed by atoms with Gasteiger partial charge in [0.2, 0.25) is 5.91 Å². The number of para-hydroxylation sites is 1. The van der Waals surface area contributed by atoms with E-state index in [2.05, 4.69) is 10.6 Å². The van der Waals surface area contributed by atoms with Crippen molar-refractivity contribution in [2.45, 2.75) is 32.2 Å². The monoisotopic (exact) mass is 380 g/mol. The molecule has 0 aliphatic heterocycles. The maximum absolute atomic E-state index is 12.7. The number of rotatable bonds is 6. The summed E-state index contributed by atoms with van der Waals surface area (Å²) in [7, 11) is 0. The van der Waals surface area contributed by atoms with Crippen LogP contribution >= 0.6 is 0 Å². The summed E-state index contributed by atoms with van der Waals surface area (Å²) in [6.07, 6.45) is 2.71. The summed E-state index contributed by atoms with van der Waals surface area (Å²) in [6, 6.07) is 16.3. The van der Waals surface area contributed by atoms with Crippen molar-refractivity contribution in [2.24, 2.45) is 11.8 Å². The van der Waals surface area contributed by atoms with Gasteiger partial charge in [-0.15, -0.1) is 0 Å². The van der Waals surface area contributed by atoms with Crippen LogP contribution in [0.1, 0.15) is 41.6 Å². The number of carbonyl (C=O) groups is 3. The number of carboxylic acid groups (broad SMARTS) is 1. The van der Waals surface area contributed by atoms with Crippen molar-refractivity contribution in [3.05, 3.63) is 65.7 Å². The van der Waals surface area contributed by atoms with Crippen molar-refractivity contribution in [1.82, 2.24) is 5.32 Å². The van der Waals surface area contributed by atoms with Gasteiger partial charge in [0.05, 0.1) is 23.1 Å². The summed E-state index contributed by atoms with van der Waals surface area (Å²) < 4.78 is 0. The second-order valence-electron chi connectivity index (χ2n) is 7.04. The standard InChI is InChI=1S/C22H24N2O4/c25-20(23-14-15-8-2-1-3-9-15)18-12-6-7-13-19(18)24-21(26)16-10-4-5-11-17(16)22(27)28/h1-3,6-9,12-13,16-17H,4-5,10-11,14H2,(H,23,25)(H,24,26)(H,27,28)/t16-,17-/m1/s1. The van der Waals surface area contributed by atoms with E-state index < -0.39 is 17.8 Å². The van der Waals surface area contributed by atoms with Gasteiger partial charge in [-0.25, -0.2) is 0 Å². The molecule has 0 heterocycles. The number of hydrogen-bond donors (Lipinski definition) is 3. The number of carboxylic acids is 1. The fourth-order valence-electron chi connectivity index (χ4n) is 3.63. The molecule has 1 fully saturated rings. The van der Waals surface area contributed by atoms with Crippen LogP contribution in [0.2, 0.25) is 0 Å². The van der Waals surface area contributed by atoms with Crippen LogP contribution in [0.5, 0.6) is 0 Å². The minimum absolute atomic E-state index is 0.293. The normalized spacial score (nSPS) is 18.9. The minimum atomic E-state index is -0.936. The Kier molecular flexibility index (Phi) is 6.42. The highest BCUT2D eigenvalue weighted by atomic mass is 16.4. The third kappa shape index (κ3) is 4.76. The molecular formula is C22H24N2O4. The Balaban J connectivity index is 1.70. The summed E-state index contributed by atoms with van der Waals surface area (Å²) in [5.74, 6) is -2.82. The zero-order valence-corrected chi connectivity index (χ0v) is 15.6. The molecular weight excluding hydrogens is 356 g/mol. The summed E-state index contributed by atoms with van der Waals surface area (Å²) in [6.45, 7) is 0.381. The van der Waals surface area contributed by atoms with Gasteiger partial charge >= 0.3 is 5.97 Å². The van der Waals surface area contributed by atoms with Gasteiger partial charge in [0.25, 0.3) is 5.91 Å². The van der Waals surface area contributed by atoms with Crippen molar-refractivity contribution < 1.29 is 19.5 Å². The molecule has 3 N–H and O–H groups in total. The van der Waals surface area contributed by atoms with Crippen LogP contribution in [0.15, 0.2) is 54.6 Å². The van der Waals surface area contributed by atoms with E-state index in [0.717, 1.165) is 18.4 Å². The first-order valence-electron chi connectivity index (χ1n) is 9.51. The number of aliphatic carboxylic acids is 1. The number of benzene rings is 2. The predicted octanol–water partition coefficient (Wildman–Crippen LogP) is 3.45. The van der Waals surface area contributed by atoms with Gasteiger partial charge in [-0.05, 0) is 30.5 Å². The van der Waals surface area contributed by atoms with Crippen LogP contribution in [0.3, 0.4) is 0 Å². The lowest BCUT2D eigenvalue weighted by molar-refractivity contribution is -0.147. The Bertz CT molecular complexity index is 851. The predicted molar refractivity (Wildman–Crippen MR) is 106 cm³/mol. The molecule has 0 spiro atoms. The molecule has 2 aromatic rings. The van der Waals surface area contributed by atoms with E-state index in [0.29, 0.717) is 30.6 Å². The molecule has 6 heteroatoms. The Morgan fingerprint density at radius 2 is 1.54 bits per heavy atom. The van der Waals surface area contributed by atoms with Crippen LogP contribution in [-0.4, -0.2) is 22.9 Å². The van der Waals surface area contributed by atoms with E-state index in [9.17, 15) is 19.5 Å². The quantitative estimate of drug-likeness (QED) is 0.715. The molecule has 0 saturated heterocycles. The van der Waals surface area contributed by atoms with Crippen molar-refractivity contribution in [1.29, 1.82) is 0 Å². The number of carbonyl (C=O) groups excluding carboxylic acids is 2. The molecule has 1 saturated carbocycles. The largest absolute Gasteiger partial charge is 0.481 e. The van der Waals surface area contributed by atoms with Crippen molar-refractivity contribution in [3.63, 3.8) is 0 Å². The van der Waals surface area contributed by atoms with Gasteiger partial charge in [-0.1, -0.05) is 55.3 Å². The van der Waals surface area contributed by atoms with Gasteiger partial charge in [-0.2, -0.15) is 0 Å². The molecule has 0 aromatic heterocycles. The molecule has 2 aromatic carbocycles. The third-order valence-electron chi connectivity index (χ3n) is 5.15. The first-order chi connectivity index (χ1) is 13.6. The topological polar surface area (TPSA) is 95.5 Å². The fraction of sp³-hybridized carbons (Fsp3) is 0.318. The van der Waals surface area contributed by atoms with E-state index in [1.54, 1.807) is 24.3 Å². The molecule has 28 heavy (non-hydrogen) atoms. The number of amides is 2. The molecule has 3 rings (SSSR count). The molecule has 0 unspecified atom stereocenters. The van der Waals surface area contributed by atoms with Crippen molar-refractivity contribution in [3.8, 4) is 0 Å². The maximum Gasteiger partial charge on any atom is 0.307 e. The lowest BCUT2D eigenvalue weighted by atomic mass is 9.78. The second kappa shape index (κ2) is 9.17. The Labute approximate surface area is 164 Å². The molecule has 6 nitrogen and oxygen atoms in total. The van der Waals surface area contributed by atoms with Crippen LogP contribution in [0.4, 0.5) is 5.69 Å². The molecule has 2 atom stereocenters. The molecule has 2 amide bonds. The summed E-state index contributed by atoms with van der Waals surface area (Å²) in [5.41, 5.74) is 1.73. The van der Waals surface area contributed by atoms with Gasteiger partial charge in [0, 0.05) is 6.54 Å². The first-order valence-corrected chi connectivity index (χ1v) is 9.51. The van der Waals surface area contributed by atoms with Crippen LogP contribution in [-0.2, 0) is 16.1 Å². The molecule has 1 aliphatic carbocycles. The number of hydrogen-bond acceptors (Lipinski definition) is 3. The fourth-order valence-corrected chi connectivity index (χ4v) is 3.63. The molecule has 0 radical (unpaired) electrons. The highest BCUT2D eigenvalue weighted by Crippen LogP contribution is 2.31. The van der Waals surface area contributed by atoms with Crippen molar-refractivity contribution >= 4 is 23.5 Å². The minimum Gasteiger partial charge on any atom is -0.481 e. The molecule has 1 aliphatic rings. The zero-order chi connectivity index (χ0) is 19.9. The summed E-state index contributed by atoms with van der Waals surface area (Å²) in [5, 5.41) is 15.0. The van der Waals surface area contributed by atoms with Crippen LogP contribution in [0.25, 0.3) is 0 Å². The Hall–Kier alpha value is -3.15. The van der Waals surface area contributed by atoms with Gasteiger partial charge in [0.1, 0.15) is 0 Å². The summed E-state index contributed by atoms with van der Waals surface area (Å²) in [4.78, 5) is 36.8. The molecule has 0 bridgehead atoms. The SMILES string of the molecule is O=C(NCc1ccccc1)c1ccccc1NC(=O)[C@@H]1CCCC[C@H]1C(=O)O. The second-order valence-corrected chi connectivity index (χ2v) is 7.04. The Morgan fingerprint density at radius 1 is 0.893 bits per heavy atom. The van der Waals surface area contributed by atoms with E-state index in [4.69, 9.17) is 0 Å². The lowest BCUT2D eigenvalue weighted by Gasteiger charge is -2.27. The Morgan fingerprint density at radius 3 is 2.25 bits per heavy atom. The number of anilines is 1. The first kappa shape index (κ1) is 19.6. The van der Waals surface area contributed by atoms with E-state index in [-0.39, 0.29) is 11.8 Å². The van der Waals surface area contributed by atoms with E-state index >= 15 is 0 Å².